The van der Waals surface area contributed by atoms with Gasteiger partial charge in [0.05, 0.1) is 0 Å². The molecule has 0 nitrogen and oxygen atoms in total. The predicted octanol–water partition coefficient (Wildman–Crippen LogP) is 4.40. The van der Waals surface area contributed by atoms with Crippen LogP contribution in [-0.2, 0) is 0 Å². The predicted molar refractivity (Wildman–Crippen MR) is 151 cm³/mol. The summed E-state index contributed by atoms with van der Waals surface area (Å²) in [5.41, 5.74) is 0. The smallest absolute Gasteiger partial charge is 0.0659 e. The van der Waals surface area contributed by atoms with E-state index in [2.05, 4.69) is 159 Å². The summed E-state index contributed by atoms with van der Waals surface area (Å²) < 4.78 is 0. The first-order chi connectivity index (χ1) is 16.8. The first-order valence-electron chi connectivity index (χ1n) is 12.0. The zero-order chi connectivity index (χ0) is 23.2. The average Bonchev–Trinajstić information content (AvgIpc) is 2.92. The second-order valence-corrected chi connectivity index (χ2v) is 16.4. The van der Waals surface area contributed by atoms with Crippen molar-refractivity contribution < 1.29 is 0 Å². The summed E-state index contributed by atoms with van der Waals surface area (Å²) in [6, 6.07) is 56.4. The van der Waals surface area contributed by atoms with Gasteiger partial charge in [-0.25, -0.2) is 0 Å². The number of hydrogen-bond donors (Lipinski definition) is 0. The molecule has 1 radical (unpaired) electrons. The highest BCUT2D eigenvalue weighted by atomic mass is 28.4. The molecule has 0 aromatic heterocycles. The van der Waals surface area contributed by atoms with Crippen LogP contribution in [0.2, 0.25) is 5.16 Å². The SMILES string of the molecule is CC([Si](c1ccccc1)c1ccccc1)[Si](c1ccccc1)(c1ccccc1)c1ccccc1. The summed E-state index contributed by atoms with van der Waals surface area (Å²) in [4.78, 5) is 0. The maximum Gasteiger partial charge on any atom is 0.148 e. The fourth-order valence-electron chi connectivity index (χ4n) is 5.47. The van der Waals surface area contributed by atoms with Crippen LogP contribution in [-0.4, -0.2) is 16.9 Å². The molecule has 5 aromatic carbocycles. The van der Waals surface area contributed by atoms with Gasteiger partial charge in [-0.1, -0.05) is 169 Å². The van der Waals surface area contributed by atoms with Crippen LogP contribution in [0.5, 0.6) is 0 Å². The third-order valence-corrected chi connectivity index (χ3v) is 16.9. The van der Waals surface area contributed by atoms with E-state index in [4.69, 9.17) is 0 Å². The van der Waals surface area contributed by atoms with E-state index < -0.39 is 16.9 Å². The summed E-state index contributed by atoms with van der Waals surface area (Å²) in [7, 11) is -3.52. The van der Waals surface area contributed by atoms with Gasteiger partial charge in [0.2, 0.25) is 0 Å². The lowest BCUT2D eigenvalue weighted by Crippen LogP contribution is -2.73. The van der Waals surface area contributed by atoms with E-state index in [0.29, 0.717) is 5.16 Å². The Kier molecular flexibility index (Phi) is 6.71. The molecule has 0 spiro atoms. The van der Waals surface area contributed by atoms with E-state index >= 15 is 0 Å². The highest BCUT2D eigenvalue weighted by Crippen LogP contribution is 2.25. The molecule has 0 heterocycles. The van der Waals surface area contributed by atoms with Crippen LogP contribution in [0.1, 0.15) is 6.92 Å². The number of hydrogen-bond acceptors (Lipinski definition) is 0. The van der Waals surface area contributed by atoms with Crippen molar-refractivity contribution in [1.82, 2.24) is 0 Å². The van der Waals surface area contributed by atoms with Gasteiger partial charge in [-0.3, -0.25) is 0 Å². The molecule has 34 heavy (non-hydrogen) atoms. The van der Waals surface area contributed by atoms with Crippen LogP contribution < -0.4 is 25.9 Å². The monoisotopic (exact) mass is 469 g/mol. The van der Waals surface area contributed by atoms with Crippen molar-refractivity contribution in [2.45, 2.75) is 12.1 Å². The van der Waals surface area contributed by atoms with Crippen LogP contribution in [0.25, 0.3) is 0 Å². The maximum atomic E-state index is 2.54. The molecule has 0 amide bonds. The van der Waals surface area contributed by atoms with Crippen LogP contribution >= 0.6 is 0 Å². The van der Waals surface area contributed by atoms with Crippen molar-refractivity contribution in [3.63, 3.8) is 0 Å². The largest absolute Gasteiger partial charge is 0.148 e. The molecular weight excluding hydrogens is 441 g/mol. The quantitative estimate of drug-likeness (QED) is 0.245. The van der Waals surface area contributed by atoms with E-state index in [0.717, 1.165) is 0 Å². The van der Waals surface area contributed by atoms with Gasteiger partial charge in [0.1, 0.15) is 16.9 Å². The Bertz CT molecular complexity index is 1150. The van der Waals surface area contributed by atoms with Crippen molar-refractivity contribution in [2.75, 3.05) is 0 Å². The number of benzene rings is 5. The minimum atomic E-state index is -2.41. The van der Waals surface area contributed by atoms with Gasteiger partial charge in [0.15, 0.2) is 0 Å². The van der Waals surface area contributed by atoms with E-state index in [1.54, 1.807) is 0 Å². The summed E-state index contributed by atoms with van der Waals surface area (Å²) in [6.45, 7) is 2.54. The molecule has 0 aliphatic rings. The molecule has 5 rings (SSSR count). The summed E-state index contributed by atoms with van der Waals surface area (Å²) in [6.07, 6.45) is 0. The Hall–Kier alpha value is -3.47. The minimum absolute atomic E-state index is 0.467. The molecule has 0 bridgehead atoms. The van der Waals surface area contributed by atoms with Crippen molar-refractivity contribution in [2.24, 2.45) is 0 Å². The lowest BCUT2D eigenvalue weighted by atomic mass is 10.3. The van der Waals surface area contributed by atoms with Crippen molar-refractivity contribution in [3.8, 4) is 0 Å². The van der Waals surface area contributed by atoms with Crippen molar-refractivity contribution in [1.29, 1.82) is 0 Å². The first kappa shape index (κ1) is 22.3. The molecule has 1 atom stereocenters. The molecule has 0 fully saturated rings. The van der Waals surface area contributed by atoms with E-state index in [1.807, 2.05) is 0 Å². The lowest BCUT2D eigenvalue weighted by Gasteiger charge is -2.42. The summed E-state index contributed by atoms with van der Waals surface area (Å²) in [5, 5.41) is 7.86. The Balaban J connectivity index is 1.84. The summed E-state index contributed by atoms with van der Waals surface area (Å²) in [5.74, 6) is 0. The summed E-state index contributed by atoms with van der Waals surface area (Å²) >= 11 is 0. The van der Waals surface area contributed by atoms with E-state index in [-0.39, 0.29) is 0 Å². The van der Waals surface area contributed by atoms with Gasteiger partial charge in [-0.05, 0) is 20.7 Å². The molecule has 165 valence electrons. The molecule has 0 aliphatic heterocycles. The molecule has 0 saturated heterocycles. The Morgan fingerprint density at radius 1 is 0.412 bits per heavy atom. The van der Waals surface area contributed by atoms with Gasteiger partial charge in [0, 0.05) is 0 Å². The Morgan fingerprint density at radius 2 is 0.676 bits per heavy atom. The molecule has 0 aliphatic carbocycles. The molecule has 2 heteroatoms. The standard InChI is InChI=1S/C32H29Si2/c1-27(33(28-17-7-2-8-18-28)29-19-9-3-10-20-29)34(30-21-11-4-12-22-30,31-23-13-5-14-24-31)32-25-15-6-16-26-32/h2-27H,1H3. The third kappa shape index (κ3) is 4.11. The minimum Gasteiger partial charge on any atom is -0.0659 e. The topological polar surface area (TPSA) is 0 Å². The van der Waals surface area contributed by atoms with Crippen molar-refractivity contribution >= 4 is 42.8 Å². The molecular formula is C32H29Si2. The van der Waals surface area contributed by atoms with E-state index in [9.17, 15) is 0 Å². The van der Waals surface area contributed by atoms with Crippen LogP contribution in [0, 0.1) is 0 Å². The fourth-order valence-corrected chi connectivity index (χ4v) is 16.8. The molecule has 0 N–H and O–H groups in total. The molecule has 0 saturated carbocycles. The zero-order valence-corrected chi connectivity index (χ0v) is 21.5. The highest BCUT2D eigenvalue weighted by molar-refractivity contribution is 7.19. The van der Waals surface area contributed by atoms with Crippen LogP contribution in [0.3, 0.4) is 0 Å². The second-order valence-electron chi connectivity index (χ2n) is 8.77. The normalized spacial score (nSPS) is 12.4. The third-order valence-electron chi connectivity index (χ3n) is 6.94. The lowest BCUT2D eigenvalue weighted by molar-refractivity contribution is 1.26. The fraction of sp³-hybridized carbons (Fsp3) is 0.0625. The molecule has 5 aromatic rings. The van der Waals surface area contributed by atoms with Gasteiger partial charge >= 0.3 is 0 Å². The maximum absolute atomic E-state index is 2.54. The van der Waals surface area contributed by atoms with Gasteiger partial charge in [0.25, 0.3) is 0 Å². The first-order valence-corrected chi connectivity index (χ1v) is 15.6. The van der Waals surface area contributed by atoms with Gasteiger partial charge < -0.3 is 0 Å². The Morgan fingerprint density at radius 3 is 0.971 bits per heavy atom. The van der Waals surface area contributed by atoms with Crippen molar-refractivity contribution in [3.05, 3.63) is 152 Å². The number of rotatable bonds is 7. The van der Waals surface area contributed by atoms with Gasteiger partial charge in [-0.15, -0.1) is 0 Å². The highest BCUT2D eigenvalue weighted by Gasteiger charge is 2.48. The zero-order valence-electron chi connectivity index (χ0n) is 19.5. The second kappa shape index (κ2) is 10.2. The van der Waals surface area contributed by atoms with E-state index in [1.165, 1.54) is 25.9 Å². The van der Waals surface area contributed by atoms with Crippen LogP contribution in [0.4, 0.5) is 0 Å². The van der Waals surface area contributed by atoms with Gasteiger partial charge in [-0.2, -0.15) is 0 Å². The van der Waals surface area contributed by atoms with Crippen LogP contribution in [0.15, 0.2) is 152 Å². The average molecular weight is 470 g/mol. The Labute approximate surface area is 206 Å². The molecule has 1 unspecified atom stereocenters.